The second kappa shape index (κ2) is 6.93. The summed E-state index contributed by atoms with van der Waals surface area (Å²) in [4.78, 5) is 25.5. The number of rotatable bonds is 5. The van der Waals surface area contributed by atoms with E-state index < -0.39 is 0 Å². The molecule has 2 aliphatic rings. The lowest BCUT2D eigenvalue weighted by Gasteiger charge is -2.39. The van der Waals surface area contributed by atoms with Crippen molar-refractivity contribution in [3.05, 3.63) is 30.4 Å². The molecule has 0 radical (unpaired) electrons. The first-order valence-electron chi connectivity index (χ1n) is 9.09. The van der Waals surface area contributed by atoms with Crippen molar-refractivity contribution < 1.29 is 9.53 Å². The van der Waals surface area contributed by atoms with Crippen LogP contribution in [-0.2, 0) is 7.05 Å². The first-order chi connectivity index (χ1) is 12.7. The van der Waals surface area contributed by atoms with E-state index >= 15 is 0 Å². The first-order valence-corrected chi connectivity index (χ1v) is 9.09. The van der Waals surface area contributed by atoms with Gasteiger partial charge in [-0.3, -0.25) is 9.48 Å². The van der Waals surface area contributed by atoms with Crippen molar-refractivity contribution in [2.45, 2.75) is 37.8 Å². The van der Waals surface area contributed by atoms with Gasteiger partial charge in [0.05, 0.1) is 7.11 Å². The number of ether oxygens (including phenoxy) is 1. The van der Waals surface area contributed by atoms with E-state index in [1.165, 1.54) is 12.8 Å². The lowest BCUT2D eigenvalue weighted by atomic mass is 10.0. The van der Waals surface area contributed by atoms with Crippen molar-refractivity contribution in [3.8, 4) is 5.88 Å². The van der Waals surface area contributed by atoms with Crippen LogP contribution in [0.25, 0.3) is 0 Å². The molecule has 3 heterocycles. The molecule has 138 valence electrons. The monoisotopic (exact) mass is 356 g/mol. The Labute approximate surface area is 152 Å². The van der Waals surface area contributed by atoms with Gasteiger partial charge in [0.2, 0.25) is 5.88 Å². The van der Waals surface area contributed by atoms with Gasteiger partial charge in [-0.05, 0) is 31.7 Å². The topological polar surface area (TPSA) is 76.4 Å². The molecule has 1 aliphatic carbocycles. The van der Waals surface area contributed by atoms with Crippen LogP contribution in [-0.4, -0.2) is 62.8 Å². The van der Waals surface area contributed by atoms with E-state index in [0.29, 0.717) is 23.7 Å². The quantitative estimate of drug-likeness (QED) is 0.808. The fraction of sp³-hybridized carbons (Fsp3) is 0.556. The number of hydrogen-bond donors (Lipinski definition) is 0. The van der Waals surface area contributed by atoms with Gasteiger partial charge < -0.3 is 14.5 Å². The van der Waals surface area contributed by atoms with E-state index in [4.69, 9.17) is 4.74 Å². The van der Waals surface area contributed by atoms with Gasteiger partial charge in [-0.1, -0.05) is 0 Å². The smallest absolute Gasteiger partial charge is 0.274 e. The predicted molar refractivity (Wildman–Crippen MR) is 96.2 cm³/mol. The van der Waals surface area contributed by atoms with Crippen LogP contribution in [0.5, 0.6) is 5.88 Å². The molecular weight excluding hydrogens is 332 g/mol. The van der Waals surface area contributed by atoms with Crippen LogP contribution in [0.15, 0.2) is 24.7 Å². The summed E-state index contributed by atoms with van der Waals surface area (Å²) in [7, 11) is 3.45. The summed E-state index contributed by atoms with van der Waals surface area (Å²) in [6.45, 7) is 1.48. The van der Waals surface area contributed by atoms with Crippen LogP contribution in [0.4, 0.5) is 5.82 Å². The molecule has 1 aliphatic heterocycles. The lowest BCUT2D eigenvalue weighted by Crippen LogP contribution is -2.48. The average Bonchev–Trinajstić information content (AvgIpc) is 3.41. The summed E-state index contributed by atoms with van der Waals surface area (Å²) < 4.78 is 6.92. The average molecular weight is 356 g/mol. The number of carbonyl (C=O) groups is 1. The highest BCUT2D eigenvalue weighted by atomic mass is 16.5. The molecule has 0 aromatic carbocycles. The number of aromatic nitrogens is 4. The Balaban J connectivity index is 1.44. The second-order valence-corrected chi connectivity index (χ2v) is 6.96. The number of likely N-dealkylation sites (tertiary alicyclic amines) is 1. The number of amides is 1. The molecule has 2 aromatic heterocycles. The highest BCUT2D eigenvalue weighted by Crippen LogP contribution is 2.36. The second-order valence-electron chi connectivity index (χ2n) is 6.96. The van der Waals surface area contributed by atoms with Crippen molar-refractivity contribution >= 4 is 11.7 Å². The number of carbonyl (C=O) groups excluding carboxylic acids is 1. The fourth-order valence-electron chi connectivity index (χ4n) is 3.65. The van der Waals surface area contributed by atoms with Crippen molar-refractivity contribution in [2.75, 3.05) is 25.1 Å². The van der Waals surface area contributed by atoms with Gasteiger partial charge in [0, 0.05) is 44.5 Å². The maximum absolute atomic E-state index is 12.6. The summed E-state index contributed by atoms with van der Waals surface area (Å²) in [6, 6.07) is 4.61. The number of nitrogens with zero attached hydrogens (tertiary/aromatic N) is 6. The molecule has 26 heavy (non-hydrogen) atoms. The van der Waals surface area contributed by atoms with Crippen LogP contribution >= 0.6 is 0 Å². The van der Waals surface area contributed by atoms with Gasteiger partial charge in [-0.25, -0.2) is 9.97 Å². The molecule has 1 saturated carbocycles. The highest BCUT2D eigenvalue weighted by Gasteiger charge is 2.37. The molecule has 0 N–H and O–H groups in total. The third-order valence-electron chi connectivity index (χ3n) is 5.12. The zero-order chi connectivity index (χ0) is 18.1. The summed E-state index contributed by atoms with van der Waals surface area (Å²) in [5, 5.41) is 4.23. The summed E-state index contributed by atoms with van der Waals surface area (Å²) in [5.41, 5.74) is 0.519. The Morgan fingerprint density at radius 1 is 1.19 bits per heavy atom. The molecule has 2 aromatic rings. The van der Waals surface area contributed by atoms with E-state index in [1.54, 1.807) is 30.4 Å². The molecule has 0 bridgehead atoms. The standard InChI is InChI=1S/C18H24N6O2/c1-22-8-7-15(21-22)18(25)23-9-5-14(6-10-23)24(13-3-4-13)16-11-17(26-2)20-12-19-16/h7-8,11-14H,3-6,9-10H2,1-2H3. The van der Waals surface area contributed by atoms with Gasteiger partial charge in [-0.2, -0.15) is 5.10 Å². The van der Waals surface area contributed by atoms with E-state index in [-0.39, 0.29) is 5.91 Å². The lowest BCUT2D eigenvalue weighted by molar-refractivity contribution is 0.0705. The van der Waals surface area contributed by atoms with Gasteiger partial charge in [0.25, 0.3) is 5.91 Å². The number of methoxy groups -OCH3 is 1. The zero-order valence-electron chi connectivity index (χ0n) is 15.2. The fourth-order valence-corrected chi connectivity index (χ4v) is 3.65. The van der Waals surface area contributed by atoms with E-state index in [0.717, 1.165) is 31.7 Å². The number of hydrogen-bond acceptors (Lipinski definition) is 6. The van der Waals surface area contributed by atoms with Gasteiger partial charge in [0.1, 0.15) is 17.8 Å². The van der Waals surface area contributed by atoms with Crippen molar-refractivity contribution in [2.24, 2.45) is 7.05 Å². The van der Waals surface area contributed by atoms with Crippen LogP contribution in [0.2, 0.25) is 0 Å². The summed E-state index contributed by atoms with van der Waals surface area (Å²) in [5.74, 6) is 1.53. The Morgan fingerprint density at radius 3 is 2.54 bits per heavy atom. The van der Waals surface area contributed by atoms with Crippen LogP contribution in [0.3, 0.4) is 0 Å². The largest absolute Gasteiger partial charge is 0.481 e. The molecule has 8 nitrogen and oxygen atoms in total. The molecule has 2 fully saturated rings. The van der Waals surface area contributed by atoms with E-state index in [9.17, 15) is 4.79 Å². The van der Waals surface area contributed by atoms with Crippen molar-refractivity contribution in [1.29, 1.82) is 0 Å². The minimum absolute atomic E-state index is 0.0192. The summed E-state index contributed by atoms with van der Waals surface area (Å²) >= 11 is 0. The third-order valence-corrected chi connectivity index (χ3v) is 5.12. The zero-order valence-corrected chi connectivity index (χ0v) is 15.2. The minimum Gasteiger partial charge on any atom is -0.481 e. The normalized spacial score (nSPS) is 18.0. The van der Waals surface area contributed by atoms with Gasteiger partial charge >= 0.3 is 0 Å². The number of piperidine rings is 1. The SMILES string of the molecule is COc1cc(N(C2CC2)C2CCN(C(=O)c3ccn(C)n3)CC2)ncn1. The highest BCUT2D eigenvalue weighted by molar-refractivity contribution is 5.92. The van der Waals surface area contributed by atoms with Crippen LogP contribution in [0, 0.1) is 0 Å². The molecule has 4 rings (SSSR count). The number of anilines is 1. The number of aryl methyl sites for hydroxylation is 1. The van der Waals surface area contributed by atoms with Crippen LogP contribution < -0.4 is 9.64 Å². The Hall–Kier alpha value is -2.64. The van der Waals surface area contributed by atoms with Gasteiger partial charge in [0.15, 0.2) is 0 Å². The molecule has 1 saturated heterocycles. The summed E-state index contributed by atoms with van der Waals surface area (Å²) in [6.07, 6.45) is 7.61. The molecule has 0 unspecified atom stereocenters. The maximum atomic E-state index is 12.6. The van der Waals surface area contributed by atoms with Crippen molar-refractivity contribution in [1.82, 2.24) is 24.6 Å². The van der Waals surface area contributed by atoms with E-state index in [1.807, 2.05) is 18.0 Å². The third kappa shape index (κ3) is 3.36. The molecular formula is C18H24N6O2. The first kappa shape index (κ1) is 16.8. The van der Waals surface area contributed by atoms with Crippen molar-refractivity contribution in [3.63, 3.8) is 0 Å². The Kier molecular flexibility index (Phi) is 4.48. The Bertz CT molecular complexity index is 779. The van der Waals surface area contributed by atoms with Gasteiger partial charge in [-0.15, -0.1) is 0 Å². The van der Waals surface area contributed by atoms with E-state index in [2.05, 4.69) is 20.0 Å². The maximum Gasteiger partial charge on any atom is 0.274 e. The minimum atomic E-state index is 0.0192. The Morgan fingerprint density at radius 2 is 1.92 bits per heavy atom. The predicted octanol–water partition coefficient (Wildman–Crippen LogP) is 1.49. The molecule has 0 atom stereocenters. The molecule has 8 heteroatoms. The molecule has 1 amide bonds. The van der Waals surface area contributed by atoms with Crippen LogP contribution in [0.1, 0.15) is 36.2 Å². The molecule has 0 spiro atoms.